The molecule has 0 bridgehead atoms. The van der Waals surface area contributed by atoms with Crippen LogP contribution in [0.1, 0.15) is 74.0 Å². The molecule has 10 nitrogen and oxygen atoms in total. The molecular formula is C26H35N5O5. The maximum atomic E-state index is 13.5. The molecule has 2 aromatic heterocycles. The van der Waals surface area contributed by atoms with Crippen LogP contribution >= 0.6 is 0 Å². The van der Waals surface area contributed by atoms with Gasteiger partial charge in [-0.1, -0.05) is 13.8 Å². The highest BCUT2D eigenvalue weighted by molar-refractivity contribution is 5.97. The molecule has 2 saturated heterocycles. The number of aryl methyl sites for hydroxylation is 1. The summed E-state index contributed by atoms with van der Waals surface area (Å²) >= 11 is 0. The normalized spacial score (nSPS) is 19.7. The van der Waals surface area contributed by atoms with Crippen molar-refractivity contribution >= 4 is 23.5 Å². The third-order valence-corrected chi connectivity index (χ3v) is 7.59. The largest absolute Gasteiger partial charge is 0.492 e. The van der Waals surface area contributed by atoms with E-state index in [9.17, 15) is 19.5 Å². The maximum absolute atomic E-state index is 13.5. The minimum absolute atomic E-state index is 0.0408. The molecule has 194 valence electrons. The van der Waals surface area contributed by atoms with Crippen LogP contribution in [0.2, 0.25) is 0 Å². The topological polar surface area (TPSA) is 118 Å². The molecule has 0 unspecified atom stereocenters. The van der Waals surface area contributed by atoms with E-state index < -0.39 is 17.3 Å². The molecule has 1 spiro atoms. The molecule has 2 N–H and O–H groups in total. The number of nitrogens with zero attached hydrogens (tertiary/aromatic N) is 4. The van der Waals surface area contributed by atoms with Crippen LogP contribution in [0.15, 0.2) is 10.9 Å². The summed E-state index contributed by atoms with van der Waals surface area (Å²) in [5.74, 6) is -1.05. The number of likely N-dealkylation sites (tertiary alicyclic amines) is 1. The predicted octanol–water partition coefficient (Wildman–Crippen LogP) is 2.24. The Kier molecular flexibility index (Phi) is 6.40. The first-order valence-electron chi connectivity index (χ1n) is 13.0. The fraction of sp³-hybridized carbons (Fsp3) is 0.615. The molecule has 10 heteroatoms. The number of fused-ring (bicyclic) bond motifs is 1. The van der Waals surface area contributed by atoms with Gasteiger partial charge in [0.25, 0.3) is 11.5 Å². The van der Waals surface area contributed by atoms with Crippen molar-refractivity contribution in [2.75, 3.05) is 19.8 Å². The van der Waals surface area contributed by atoms with Gasteiger partial charge in [-0.3, -0.25) is 19.0 Å². The second kappa shape index (κ2) is 9.38. The number of aromatic nitrogens is 3. The molecular weight excluding hydrogens is 462 g/mol. The minimum atomic E-state index is -0.587. The zero-order valence-corrected chi connectivity index (χ0v) is 21.2. The van der Waals surface area contributed by atoms with Gasteiger partial charge in [0, 0.05) is 49.5 Å². The van der Waals surface area contributed by atoms with Crippen molar-refractivity contribution in [1.29, 1.82) is 0 Å². The molecule has 0 atom stereocenters. The Labute approximate surface area is 209 Å². The Morgan fingerprint density at radius 2 is 1.97 bits per heavy atom. The lowest BCUT2D eigenvalue weighted by Gasteiger charge is -2.41. The third-order valence-electron chi connectivity index (χ3n) is 7.59. The molecule has 5 rings (SSSR count). The maximum Gasteiger partial charge on any atom is 0.270 e. The fourth-order valence-corrected chi connectivity index (χ4v) is 5.58. The number of nitrogens with one attached hydrogen (secondary N) is 1. The number of aromatic hydroxyl groups is 1. The lowest BCUT2D eigenvalue weighted by atomic mass is 9.87. The van der Waals surface area contributed by atoms with Crippen LogP contribution in [0, 0.1) is 12.8 Å². The molecule has 3 aliphatic rings. The van der Waals surface area contributed by atoms with Crippen LogP contribution in [0.3, 0.4) is 0 Å². The van der Waals surface area contributed by atoms with Gasteiger partial charge in [-0.05, 0) is 57.4 Å². The van der Waals surface area contributed by atoms with E-state index in [1.165, 1.54) is 9.08 Å². The minimum Gasteiger partial charge on any atom is -0.492 e. The van der Waals surface area contributed by atoms with Crippen molar-refractivity contribution in [3.05, 3.63) is 33.3 Å². The Morgan fingerprint density at radius 1 is 1.25 bits per heavy atom. The standard InChI is InChI=1S/C26H35N5O5/c1-16(2)15-29-23-19(7-8-20(32)30-12-4-9-26(30)10-13-36-14-11-26)17(3)28-31(23)25(35)21(24(29)34)22(33)27-18-5-6-18/h7-8,16,18,35H,4-6,9-15H2,1-3H3,(H,27,33). The number of hydrogen-bond acceptors (Lipinski definition) is 6. The quantitative estimate of drug-likeness (QED) is 0.591. The lowest BCUT2D eigenvalue weighted by molar-refractivity contribution is -0.133. The second-order valence-corrected chi connectivity index (χ2v) is 10.8. The van der Waals surface area contributed by atoms with Gasteiger partial charge in [-0.15, -0.1) is 0 Å². The number of carbonyl (C=O) groups is 2. The van der Waals surface area contributed by atoms with Crippen LogP contribution in [-0.4, -0.2) is 67.3 Å². The molecule has 2 aromatic rings. The lowest BCUT2D eigenvalue weighted by Crippen LogP contribution is -2.50. The molecule has 1 aliphatic carbocycles. The third kappa shape index (κ3) is 4.31. The van der Waals surface area contributed by atoms with E-state index in [-0.39, 0.29) is 29.0 Å². The number of ether oxygens (including phenoxy) is 1. The van der Waals surface area contributed by atoms with E-state index in [0.29, 0.717) is 36.7 Å². The van der Waals surface area contributed by atoms with Crippen LogP contribution < -0.4 is 10.9 Å². The number of carbonyl (C=O) groups excluding carboxylic acids is 2. The van der Waals surface area contributed by atoms with E-state index in [0.717, 1.165) is 45.1 Å². The van der Waals surface area contributed by atoms with Crippen molar-refractivity contribution in [1.82, 2.24) is 24.4 Å². The van der Waals surface area contributed by atoms with Gasteiger partial charge in [0.15, 0.2) is 5.56 Å². The predicted molar refractivity (Wildman–Crippen MR) is 134 cm³/mol. The van der Waals surface area contributed by atoms with Crippen LogP contribution in [0.4, 0.5) is 0 Å². The number of amides is 2. The first-order chi connectivity index (χ1) is 17.2. The van der Waals surface area contributed by atoms with Crippen LogP contribution in [0.25, 0.3) is 11.7 Å². The molecule has 36 heavy (non-hydrogen) atoms. The summed E-state index contributed by atoms with van der Waals surface area (Å²) in [5, 5.41) is 18.2. The van der Waals surface area contributed by atoms with Crippen molar-refractivity contribution in [3.63, 3.8) is 0 Å². The van der Waals surface area contributed by atoms with Crippen LogP contribution in [0.5, 0.6) is 5.88 Å². The van der Waals surface area contributed by atoms with Gasteiger partial charge in [0.05, 0.1) is 5.69 Å². The fourth-order valence-electron chi connectivity index (χ4n) is 5.58. The second-order valence-electron chi connectivity index (χ2n) is 10.8. The highest BCUT2D eigenvalue weighted by Gasteiger charge is 2.43. The summed E-state index contributed by atoms with van der Waals surface area (Å²) in [6.07, 6.45) is 8.61. The Hall–Kier alpha value is -3.14. The van der Waals surface area contributed by atoms with Crippen molar-refractivity contribution in [2.45, 2.75) is 77.4 Å². The van der Waals surface area contributed by atoms with E-state index in [2.05, 4.69) is 10.4 Å². The molecule has 3 fully saturated rings. The zero-order chi connectivity index (χ0) is 25.6. The highest BCUT2D eigenvalue weighted by atomic mass is 16.5. The van der Waals surface area contributed by atoms with Crippen molar-refractivity contribution in [3.8, 4) is 5.88 Å². The van der Waals surface area contributed by atoms with Gasteiger partial charge in [0.2, 0.25) is 11.8 Å². The van der Waals surface area contributed by atoms with Gasteiger partial charge in [0.1, 0.15) is 5.65 Å². The summed E-state index contributed by atoms with van der Waals surface area (Å²) in [7, 11) is 0. The number of hydrogen-bond donors (Lipinski definition) is 2. The van der Waals surface area contributed by atoms with Crippen LogP contribution in [-0.2, 0) is 16.1 Å². The van der Waals surface area contributed by atoms with Crippen molar-refractivity contribution < 1.29 is 19.4 Å². The molecule has 2 aliphatic heterocycles. The Bertz CT molecular complexity index is 1280. The summed E-state index contributed by atoms with van der Waals surface area (Å²) in [5.41, 5.74) is 0.491. The SMILES string of the molecule is Cc1nn2c(O)c(C(=O)NC3CC3)c(=O)n(CC(C)C)c2c1C=CC(=O)N1CCCC12CCOCC2. The average Bonchev–Trinajstić information content (AvgIpc) is 3.46. The molecule has 0 aromatic carbocycles. The first kappa shape index (κ1) is 24.5. The van der Waals surface area contributed by atoms with Gasteiger partial charge < -0.3 is 20.1 Å². The highest BCUT2D eigenvalue weighted by Crippen LogP contribution is 2.38. The molecule has 4 heterocycles. The summed E-state index contributed by atoms with van der Waals surface area (Å²) in [6, 6.07) is 0.0408. The summed E-state index contributed by atoms with van der Waals surface area (Å²) in [4.78, 5) is 41.6. The van der Waals surface area contributed by atoms with E-state index in [1.807, 2.05) is 18.7 Å². The first-order valence-corrected chi connectivity index (χ1v) is 13.0. The van der Waals surface area contributed by atoms with E-state index in [1.54, 1.807) is 19.1 Å². The monoisotopic (exact) mass is 497 g/mol. The Balaban J connectivity index is 1.55. The van der Waals surface area contributed by atoms with Gasteiger partial charge in [-0.25, -0.2) is 0 Å². The Morgan fingerprint density at radius 3 is 2.64 bits per heavy atom. The molecule has 1 saturated carbocycles. The summed E-state index contributed by atoms with van der Waals surface area (Å²) < 4.78 is 8.28. The smallest absolute Gasteiger partial charge is 0.270 e. The van der Waals surface area contributed by atoms with Crippen molar-refractivity contribution in [2.24, 2.45) is 5.92 Å². The number of rotatable bonds is 6. The van der Waals surface area contributed by atoms with E-state index >= 15 is 0 Å². The van der Waals surface area contributed by atoms with Gasteiger partial charge >= 0.3 is 0 Å². The molecule has 0 radical (unpaired) electrons. The van der Waals surface area contributed by atoms with E-state index in [4.69, 9.17) is 4.74 Å². The zero-order valence-electron chi connectivity index (χ0n) is 21.2. The van der Waals surface area contributed by atoms with Gasteiger partial charge in [-0.2, -0.15) is 9.61 Å². The molecule has 2 amide bonds. The average molecular weight is 498 g/mol. The summed E-state index contributed by atoms with van der Waals surface area (Å²) in [6.45, 7) is 8.10.